The maximum atomic E-state index is 12.9. The van der Waals surface area contributed by atoms with Gasteiger partial charge in [0.05, 0.1) is 18.6 Å². The number of aliphatic hydroxyl groups is 1. The van der Waals surface area contributed by atoms with Gasteiger partial charge in [0.1, 0.15) is 12.0 Å². The van der Waals surface area contributed by atoms with Crippen LogP contribution in [0.3, 0.4) is 0 Å². The topological polar surface area (TPSA) is 41.5 Å². The number of hydrogen-bond donors (Lipinski definition) is 2. The summed E-state index contributed by atoms with van der Waals surface area (Å²) in [4.78, 5) is 0. The van der Waals surface area contributed by atoms with E-state index < -0.39 is 11.6 Å². The fourth-order valence-electron chi connectivity index (χ4n) is 2.43. The van der Waals surface area contributed by atoms with Crippen LogP contribution in [0.1, 0.15) is 5.56 Å². The van der Waals surface area contributed by atoms with Gasteiger partial charge in [-0.25, -0.2) is 4.39 Å². The van der Waals surface area contributed by atoms with Crippen LogP contribution in [-0.2, 0) is 10.2 Å². The van der Waals surface area contributed by atoms with Crippen molar-refractivity contribution in [3.05, 3.63) is 64.4 Å². The maximum absolute atomic E-state index is 12.9. The number of aliphatic hydroxyl groups excluding tert-OH is 1. The van der Waals surface area contributed by atoms with Crippen LogP contribution in [0, 0.1) is 5.82 Å². The van der Waals surface area contributed by atoms with E-state index in [-0.39, 0.29) is 5.82 Å². The van der Waals surface area contributed by atoms with Crippen molar-refractivity contribution in [2.75, 3.05) is 18.5 Å². The average molecular weight is 352 g/mol. The minimum atomic E-state index is -0.808. The van der Waals surface area contributed by atoms with E-state index in [1.54, 1.807) is 12.1 Å². The Balaban J connectivity index is 1.81. The Morgan fingerprint density at radius 2 is 1.71 bits per heavy atom. The number of anilines is 1. The van der Waals surface area contributed by atoms with Gasteiger partial charge in [-0.05, 0) is 42.0 Å². The Bertz CT molecular complexity index is 611. The van der Waals surface area contributed by atoms with E-state index in [0.717, 1.165) is 10.0 Å². The number of rotatable bonds is 4. The lowest BCUT2D eigenvalue weighted by atomic mass is 9.77. The Morgan fingerprint density at radius 3 is 2.24 bits per heavy atom. The van der Waals surface area contributed by atoms with Crippen LogP contribution in [0.25, 0.3) is 0 Å². The molecule has 0 aliphatic carbocycles. The lowest BCUT2D eigenvalue weighted by molar-refractivity contribution is -0.111. The Morgan fingerprint density at radius 1 is 1.10 bits per heavy atom. The van der Waals surface area contributed by atoms with Crippen molar-refractivity contribution in [1.82, 2.24) is 0 Å². The van der Waals surface area contributed by atoms with E-state index in [1.165, 1.54) is 12.1 Å². The quantitative estimate of drug-likeness (QED) is 0.830. The third kappa shape index (κ3) is 2.81. The largest absolute Gasteiger partial charge is 0.379 e. The van der Waals surface area contributed by atoms with Crippen molar-refractivity contribution in [3.63, 3.8) is 0 Å². The first-order valence-corrected chi connectivity index (χ1v) is 7.43. The first-order valence-electron chi connectivity index (χ1n) is 6.64. The third-order valence-corrected chi connectivity index (χ3v) is 4.34. The molecule has 1 heterocycles. The zero-order valence-electron chi connectivity index (χ0n) is 11.2. The van der Waals surface area contributed by atoms with Crippen LogP contribution in [0.2, 0.25) is 0 Å². The van der Waals surface area contributed by atoms with Crippen molar-refractivity contribution in [2.24, 2.45) is 0 Å². The molecule has 3 rings (SSSR count). The van der Waals surface area contributed by atoms with Gasteiger partial charge >= 0.3 is 0 Å². The van der Waals surface area contributed by atoms with E-state index in [4.69, 9.17) is 4.74 Å². The Labute approximate surface area is 130 Å². The number of ether oxygens (including phenoxy) is 1. The smallest absolute Gasteiger partial charge is 0.138 e. The molecule has 1 atom stereocenters. The second-order valence-electron chi connectivity index (χ2n) is 5.21. The molecule has 5 heteroatoms. The predicted octanol–water partition coefficient (Wildman–Crippen LogP) is 3.29. The van der Waals surface area contributed by atoms with Crippen molar-refractivity contribution < 1.29 is 14.2 Å². The molecular formula is C16H15BrFNO2. The van der Waals surface area contributed by atoms with Crippen molar-refractivity contribution in [2.45, 2.75) is 11.6 Å². The summed E-state index contributed by atoms with van der Waals surface area (Å²) in [5.74, 6) is -0.301. The molecule has 1 unspecified atom stereocenters. The molecule has 0 spiro atoms. The van der Waals surface area contributed by atoms with Gasteiger partial charge in [0.2, 0.25) is 0 Å². The van der Waals surface area contributed by atoms with Gasteiger partial charge in [-0.3, -0.25) is 0 Å². The third-order valence-electron chi connectivity index (χ3n) is 3.81. The summed E-state index contributed by atoms with van der Waals surface area (Å²) in [6.07, 6.45) is -0.808. The molecular weight excluding hydrogens is 337 g/mol. The zero-order chi connectivity index (χ0) is 14.9. The molecule has 0 radical (unpaired) electrons. The van der Waals surface area contributed by atoms with E-state index in [0.29, 0.717) is 18.9 Å². The van der Waals surface area contributed by atoms with Gasteiger partial charge in [0.25, 0.3) is 0 Å². The number of hydrogen-bond acceptors (Lipinski definition) is 3. The summed E-state index contributed by atoms with van der Waals surface area (Å²) in [6, 6.07) is 13.8. The van der Waals surface area contributed by atoms with Gasteiger partial charge < -0.3 is 15.2 Å². The molecule has 1 saturated heterocycles. The number of nitrogens with one attached hydrogen (secondary N) is 1. The molecule has 0 aromatic heterocycles. The van der Waals surface area contributed by atoms with E-state index in [9.17, 15) is 9.50 Å². The lowest BCUT2D eigenvalue weighted by Crippen LogP contribution is -2.58. The molecule has 21 heavy (non-hydrogen) atoms. The second kappa shape index (κ2) is 5.75. The molecule has 0 bridgehead atoms. The highest BCUT2D eigenvalue weighted by molar-refractivity contribution is 9.10. The van der Waals surface area contributed by atoms with Gasteiger partial charge in [-0.1, -0.05) is 28.1 Å². The van der Waals surface area contributed by atoms with Crippen molar-refractivity contribution in [1.29, 1.82) is 0 Å². The van der Waals surface area contributed by atoms with Crippen molar-refractivity contribution >= 4 is 21.6 Å². The summed E-state index contributed by atoms with van der Waals surface area (Å²) in [6.45, 7) is 0.897. The van der Waals surface area contributed by atoms with E-state index in [2.05, 4.69) is 21.2 Å². The van der Waals surface area contributed by atoms with Crippen LogP contribution >= 0.6 is 15.9 Å². The van der Waals surface area contributed by atoms with Crippen LogP contribution in [-0.4, -0.2) is 24.5 Å². The fourth-order valence-corrected chi connectivity index (χ4v) is 2.69. The highest BCUT2D eigenvalue weighted by Gasteiger charge is 2.47. The molecule has 1 aliphatic heterocycles. The molecule has 0 amide bonds. The molecule has 2 aromatic carbocycles. The van der Waals surface area contributed by atoms with E-state index in [1.807, 2.05) is 24.3 Å². The monoisotopic (exact) mass is 351 g/mol. The molecule has 2 aromatic rings. The first-order chi connectivity index (χ1) is 10.1. The summed E-state index contributed by atoms with van der Waals surface area (Å²) < 4.78 is 19.2. The summed E-state index contributed by atoms with van der Waals surface area (Å²) in [5, 5.41) is 13.6. The lowest BCUT2D eigenvalue weighted by Gasteiger charge is -2.45. The normalized spacial score (nSPS) is 17.9. The van der Waals surface area contributed by atoms with Crippen LogP contribution in [0.5, 0.6) is 0 Å². The minimum Gasteiger partial charge on any atom is -0.379 e. The van der Waals surface area contributed by atoms with Gasteiger partial charge in [-0.15, -0.1) is 0 Å². The molecule has 0 saturated carbocycles. The summed E-state index contributed by atoms with van der Waals surface area (Å²) in [5.41, 5.74) is 1.21. The molecule has 1 aliphatic rings. The fraction of sp³-hybridized carbons (Fsp3) is 0.250. The van der Waals surface area contributed by atoms with Crippen LogP contribution < -0.4 is 5.32 Å². The Kier molecular flexibility index (Phi) is 3.97. The average Bonchev–Trinajstić information content (AvgIpc) is 2.42. The van der Waals surface area contributed by atoms with E-state index >= 15 is 0 Å². The van der Waals surface area contributed by atoms with Crippen molar-refractivity contribution in [3.8, 4) is 0 Å². The molecule has 3 nitrogen and oxygen atoms in total. The highest BCUT2D eigenvalue weighted by atomic mass is 79.9. The minimum absolute atomic E-state index is 0.301. The van der Waals surface area contributed by atoms with Gasteiger partial charge in [0, 0.05) is 10.2 Å². The number of halogens is 2. The highest BCUT2D eigenvalue weighted by Crippen LogP contribution is 2.36. The Hall–Kier alpha value is -1.43. The second-order valence-corrected chi connectivity index (χ2v) is 6.13. The summed E-state index contributed by atoms with van der Waals surface area (Å²) >= 11 is 3.40. The van der Waals surface area contributed by atoms with Gasteiger partial charge in [0.15, 0.2) is 0 Å². The molecule has 110 valence electrons. The molecule has 2 N–H and O–H groups in total. The first kappa shape index (κ1) is 14.5. The zero-order valence-corrected chi connectivity index (χ0v) is 12.8. The molecule has 1 fully saturated rings. The van der Waals surface area contributed by atoms with Gasteiger partial charge in [-0.2, -0.15) is 0 Å². The predicted molar refractivity (Wildman–Crippen MR) is 82.7 cm³/mol. The standard InChI is InChI=1S/C16H15BrFNO2/c17-12-3-1-11(2-4-12)16(9-21-10-16)15(20)19-14-7-5-13(18)6-8-14/h1-8,15,19-20H,9-10H2. The van der Waals surface area contributed by atoms with Crippen LogP contribution in [0.4, 0.5) is 10.1 Å². The summed E-state index contributed by atoms with van der Waals surface area (Å²) in [7, 11) is 0. The SMILES string of the molecule is OC(Nc1ccc(F)cc1)C1(c2ccc(Br)cc2)COC1. The van der Waals surface area contributed by atoms with Crippen LogP contribution in [0.15, 0.2) is 53.0 Å². The number of benzene rings is 2. The maximum Gasteiger partial charge on any atom is 0.138 e.